The summed E-state index contributed by atoms with van der Waals surface area (Å²) in [5, 5.41) is 11.2. The van der Waals surface area contributed by atoms with E-state index in [1.807, 2.05) is 24.3 Å². The first-order chi connectivity index (χ1) is 9.63. The number of benzene rings is 1. The molecular weight excluding hydrogens is 322 g/mol. The molecule has 106 valence electrons. The minimum atomic E-state index is -0.732. The lowest BCUT2D eigenvalue weighted by molar-refractivity contribution is -0.143. The maximum Gasteiger partial charge on any atom is 0.305 e. The van der Waals surface area contributed by atoms with Gasteiger partial charge in [-0.25, -0.2) is 0 Å². The third-order valence-electron chi connectivity index (χ3n) is 3.03. The maximum absolute atomic E-state index is 11.3. The monoisotopic (exact) mass is 337 g/mol. The summed E-state index contributed by atoms with van der Waals surface area (Å²) in [5.74, 6) is -0.291. The van der Waals surface area contributed by atoms with Crippen molar-refractivity contribution in [3.63, 3.8) is 0 Å². The van der Waals surface area contributed by atoms with Crippen LogP contribution in [-0.4, -0.2) is 22.7 Å². The largest absolute Gasteiger partial charge is 0.466 e. The lowest BCUT2D eigenvalue weighted by Crippen LogP contribution is -2.07. The van der Waals surface area contributed by atoms with Crippen LogP contribution in [0.15, 0.2) is 34.9 Å². The fourth-order valence-electron chi connectivity index (χ4n) is 2.07. The smallest absolute Gasteiger partial charge is 0.305 e. The number of aliphatic hydroxyl groups excluding tert-OH is 1. The van der Waals surface area contributed by atoms with E-state index in [0.29, 0.717) is 13.0 Å². The Morgan fingerprint density at radius 3 is 3.00 bits per heavy atom. The molecule has 1 aromatic carbocycles. The lowest BCUT2D eigenvalue weighted by Gasteiger charge is -2.13. The molecule has 0 amide bonds. The van der Waals surface area contributed by atoms with E-state index in [2.05, 4.69) is 20.9 Å². The van der Waals surface area contributed by atoms with Gasteiger partial charge in [0.25, 0.3) is 0 Å². The Hall–Kier alpha value is -1.46. The third kappa shape index (κ3) is 3.35. The van der Waals surface area contributed by atoms with Gasteiger partial charge in [0.2, 0.25) is 0 Å². The molecule has 0 aliphatic carbocycles. The van der Waals surface area contributed by atoms with Crippen molar-refractivity contribution in [3.8, 4) is 0 Å². The van der Waals surface area contributed by atoms with E-state index < -0.39 is 6.10 Å². The van der Waals surface area contributed by atoms with Gasteiger partial charge in [-0.15, -0.1) is 0 Å². The summed E-state index contributed by atoms with van der Waals surface area (Å²) in [6, 6.07) is 7.50. The number of nitrogens with zero attached hydrogens (tertiary/aromatic N) is 1. The fraction of sp³-hybridized carbons (Fsp3) is 0.333. The second-order valence-electron chi connectivity index (χ2n) is 4.40. The van der Waals surface area contributed by atoms with Crippen molar-refractivity contribution in [2.45, 2.75) is 25.9 Å². The van der Waals surface area contributed by atoms with Crippen LogP contribution in [-0.2, 0) is 9.53 Å². The molecule has 1 unspecified atom stereocenters. The van der Waals surface area contributed by atoms with E-state index in [1.165, 1.54) is 0 Å². The number of ether oxygens (including phenoxy) is 1. The highest BCUT2D eigenvalue weighted by molar-refractivity contribution is 9.10. The van der Waals surface area contributed by atoms with Gasteiger partial charge >= 0.3 is 5.97 Å². The molecule has 0 bridgehead atoms. The van der Waals surface area contributed by atoms with Crippen molar-refractivity contribution >= 4 is 32.8 Å². The fourth-order valence-corrected chi connectivity index (χ4v) is 2.52. The van der Waals surface area contributed by atoms with E-state index in [-0.39, 0.29) is 12.4 Å². The van der Waals surface area contributed by atoms with Crippen molar-refractivity contribution in [1.82, 2.24) is 4.98 Å². The van der Waals surface area contributed by atoms with Gasteiger partial charge in [-0.1, -0.05) is 28.1 Å². The van der Waals surface area contributed by atoms with Gasteiger partial charge in [0.15, 0.2) is 0 Å². The van der Waals surface area contributed by atoms with Crippen LogP contribution in [0.25, 0.3) is 10.9 Å². The Kier molecular flexibility index (Phi) is 5.09. The maximum atomic E-state index is 11.3. The number of fused-ring (bicyclic) bond motifs is 1. The van der Waals surface area contributed by atoms with Crippen LogP contribution in [0, 0.1) is 0 Å². The Morgan fingerprint density at radius 2 is 2.25 bits per heavy atom. The van der Waals surface area contributed by atoms with Crippen LogP contribution in [0.4, 0.5) is 0 Å². The average molecular weight is 338 g/mol. The highest BCUT2D eigenvalue weighted by Crippen LogP contribution is 2.30. The predicted molar refractivity (Wildman–Crippen MR) is 80.3 cm³/mol. The summed E-state index contributed by atoms with van der Waals surface area (Å²) in [7, 11) is 0. The zero-order valence-corrected chi connectivity index (χ0v) is 12.8. The molecule has 1 N–H and O–H groups in total. The first-order valence-corrected chi connectivity index (χ1v) is 7.29. The van der Waals surface area contributed by atoms with Crippen LogP contribution >= 0.6 is 15.9 Å². The first kappa shape index (κ1) is 14.9. The molecule has 0 radical (unpaired) electrons. The number of pyridine rings is 1. The van der Waals surface area contributed by atoms with Gasteiger partial charge in [-0.05, 0) is 25.5 Å². The standard InChI is InChI=1S/C15H16BrNO3/c1-2-20-14(19)8-7-13(18)11-5-6-12(16)10-4-3-9-17-15(10)11/h3-6,9,13,18H,2,7-8H2,1H3. The molecule has 2 rings (SSSR count). The van der Waals surface area contributed by atoms with Gasteiger partial charge < -0.3 is 9.84 Å². The van der Waals surface area contributed by atoms with Crippen molar-refractivity contribution in [2.24, 2.45) is 0 Å². The van der Waals surface area contributed by atoms with Crippen molar-refractivity contribution in [2.75, 3.05) is 6.61 Å². The van der Waals surface area contributed by atoms with Crippen LogP contribution in [0.2, 0.25) is 0 Å². The number of rotatable bonds is 5. The second-order valence-corrected chi connectivity index (χ2v) is 5.25. The molecule has 2 aromatic rings. The number of esters is 1. The van der Waals surface area contributed by atoms with Crippen LogP contribution in [0.1, 0.15) is 31.4 Å². The number of carbonyl (C=O) groups is 1. The lowest BCUT2D eigenvalue weighted by atomic mass is 10.0. The average Bonchev–Trinajstić information content (AvgIpc) is 2.46. The van der Waals surface area contributed by atoms with Gasteiger partial charge in [0.05, 0.1) is 18.2 Å². The quantitative estimate of drug-likeness (QED) is 0.849. The molecule has 1 atom stereocenters. The normalized spacial score (nSPS) is 12.3. The number of aliphatic hydroxyl groups is 1. The number of hydrogen-bond donors (Lipinski definition) is 1. The minimum Gasteiger partial charge on any atom is -0.466 e. The summed E-state index contributed by atoms with van der Waals surface area (Å²) in [4.78, 5) is 15.7. The van der Waals surface area contributed by atoms with Crippen molar-refractivity contribution in [1.29, 1.82) is 0 Å². The summed E-state index contributed by atoms with van der Waals surface area (Å²) >= 11 is 3.47. The third-order valence-corrected chi connectivity index (χ3v) is 3.73. The summed E-state index contributed by atoms with van der Waals surface area (Å²) in [6.07, 6.45) is 1.48. The zero-order chi connectivity index (χ0) is 14.5. The first-order valence-electron chi connectivity index (χ1n) is 6.50. The molecule has 0 saturated carbocycles. The number of hydrogen-bond acceptors (Lipinski definition) is 4. The summed E-state index contributed by atoms with van der Waals surface area (Å²) < 4.78 is 5.79. The van der Waals surface area contributed by atoms with Gasteiger partial charge in [0, 0.05) is 28.0 Å². The molecule has 0 fully saturated rings. The Balaban J connectivity index is 2.20. The van der Waals surface area contributed by atoms with Crippen molar-refractivity contribution < 1.29 is 14.6 Å². The molecular formula is C15H16BrNO3. The number of carbonyl (C=O) groups excluding carboxylic acids is 1. The topological polar surface area (TPSA) is 59.4 Å². The summed E-state index contributed by atoms with van der Waals surface area (Å²) in [6.45, 7) is 2.12. The van der Waals surface area contributed by atoms with Crippen LogP contribution < -0.4 is 0 Å². The van der Waals surface area contributed by atoms with E-state index in [9.17, 15) is 9.90 Å². The molecule has 0 spiro atoms. The van der Waals surface area contributed by atoms with E-state index in [0.717, 1.165) is 20.9 Å². The molecule has 5 heteroatoms. The highest BCUT2D eigenvalue weighted by atomic mass is 79.9. The molecule has 0 aliphatic heterocycles. The zero-order valence-electron chi connectivity index (χ0n) is 11.2. The SMILES string of the molecule is CCOC(=O)CCC(O)c1ccc(Br)c2cccnc12. The Morgan fingerprint density at radius 1 is 1.45 bits per heavy atom. The van der Waals surface area contributed by atoms with Gasteiger partial charge in [-0.2, -0.15) is 0 Å². The minimum absolute atomic E-state index is 0.194. The molecule has 0 saturated heterocycles. The number of aromatic nitrogens is 1. The predicted octanol–water partition coefficient (Wildman–Crippen LogP) is 3.37. The van der Waals surface area contributed by atoms with Gasteiger partial charge in [-0.3, -0.25) is 9.78 Å². The molecule has 1 aromatic heterocycles. The second kappa shape index (κ2) is 6.81. The molecule has 1 heterocycles. The van der Waals surface area contributed by atoms with E-state index >= 15 is 0 Å². The van der Waals surface area contributed by atoms with E-state index in [4.69, 9.17) is 4.74 Å². The molecule has 20 heavy (non-hydrogen) atoms. The Labute approximate surface area is 125 Å². The van der Waals surface area contributed by atoms with Crippen molar-refractivity contribution in [3.05, 3.63) is 40.5 Å². The molecule has 0 aliphatic rings. The van der Waals surface area contributed by atoms with Gasteiger partial charge in [0.1, 0.15) is 0 Å². The Bertz CT molecular complexity index is 615. The summed E-state index contributed by atoms with van der Waals surface area (Å²) in [5.41, 5.74) is 1.48. The van der Waals surface area contributed by atoms with Crippen LogP contribution in [0.3, 0.4) is 0 Å². The molecule has 4 nitrogen and oxygen atoms in total. The highest BCUT2D eigenvalue weighted by Gasteiger charge is 2.15. The van der Waals surface area contributed by atoms with E-state index in [1.54, 1.807) is 13.1 Å². The number of halogens is 1. The van der Waals surface area contributed by atoms with Crippen LogP contribution in [0.5, 0.6) is 0 Å².